The van der Waals surface area contributed by atoms with E-state index in [4.69, 9.17) is 14.6 Å². The third kappa shape index (κ3) is 4.11. The lowest BCUT2D eigenvalue weighted by Crippen LogP contribution is -2.34. The fourth-order valence-corrected chi connectivity index (χ4v) is 1.72. The highest BCUT2D eigenvalue weighted by Crippen LogP contribution is 2.32. The Balaban J connectivity index is 1.71. The van der Waals surface area contributed by atoms with Gasteiger partial charge in [-0.2, -0.15) is 0 Å². The topological polar surface area (TPSA) is 79.8 Å². The molecular formula is C13H18N2O4. The molecule has 0 aliphatic carbocycles. The van der Waals surface area contributed by atoms with Crippen molar-refractivity contribution in [1.82, 2.24) is 10.6 Å². The minimum Gasteiger partial charge on any atom is -0.454 e. The van der Waals surface area contributed by atoms with Crippen LogP contribution in [0, 0.1) is 0 Å². The summed E-state index contributed by atoms with van der Waals surface area (Å²) in [5, 5.41) is 14.4. The van der Waals surface area contributed by atoms with E-state index < -0.39 is 0 Å². The first kappa shape index (κ1) is 13.6. The van der Waals surface area contributed by atoms with E-state index in [1.807, 2.05) is 18.2 Å². The number of amides is 1. The van der Waals surface area contributed by atoms with Crippen molar-refractivity contribution in [2.45, 2.75) is 13.0 Å². The molecule has 0 unspecified atom stereocenters. The van der Waals surface area contributed by atoms with Crippen LogP contribution in [0.3, 0.4) is 0 Å². The van der Waals surface area contributed by atoms with Gasteiger partial charge in [0.25, 0.3) is 0 Å². The molecule has 1 aliphatic rings. The summed E-state index contributed by atoms with van der Waals surface area (Å²) in [6, 6.07) is 5.60. The van der Waals surface area contributed by atoms with Crippen LogP contribution in [0.25, 0.3) is 0 Å². The molecule has 1 amide bonds. The van der Waals surface area contributed by atoms with Crippen molar-refractivity contribution in [2.24, 2.45) is 0 Å². The smallest absolute Gasteiger partial charge is 0.234 e. The quantitative estimate of drug-likeness (QED) is 0.606. The molecule has 1 aromatic rings. The first-order valence-electron chi connectivity index (χ1n) is 6.26. The Hall–Kier alpha value is -1.79. The van der Waals surface area contributed by atoms with Crippen LogP contribution >= 0.6 is 0 Å². The molecule has 1 heterocycles. The van der Waals surface area contributed by atoms with Crippen LogP contribution in [0.15, 0.2) is 18.2 Å². The van der Waals surface area contributed by atoms with E-state index in [1.54, 1.807) is 0 Å². The molecule has 6 heteroatoms. The molecule has 0 saturated heterocycles. The molecule has 0 radical (unpaired) electrons. The highest BCUT2D eigenvalue weighted by Gasteiger charge is 2.13. The number of ether oxygens (including phenoxy) is 2. The average molecular weight is 266 g/mol. The molecule has 1 aliphatic heterocycles. The third-order valence-corrected chi connectivity index (χ3v) is 2.72. The molecule has 104 valence electrons. The molecule has 2 rings (SSSR count). The number of nitrogens with one attached hydrogen (secondary N) is 2. The number of benzene rings is 1. The molecular weight excluding hydrogens is 248 g/mol. The van der Waals surface area contributed by atoms with E-state index in [1.165, 1.54) is 0 Å². The summed E-state index contributed by atoms with van der Waals surface area (Å²) >= 11 is 0. The van der Waals surface area contributed by atoms with Crippen molar-refractivity contribution >= 4 is 5.91 Å². The first-order valence-corrected chi connectivity index (χ1v) is 6.26. The van der Waals surface area contributed by atoms with E-state index in [9.17, 15) is 4.79 Å². The normalized spacial score (nSPS) is 12.5. The molecule has 19 heavy (non-hydrogen) atoms. The summed E-state index contributed by atoms with van der Waals surface area (Å²) in [7, 11) is 0. The largest absolute Gasteiger partial charge is 0.454 e. The summed E-state index contributed by atoms with van der Waals surface area (Å²) in [5.41, 5.74) is 0.966. The summed E-state index contributed by atoms with van der Waals surface area (Å²) in [5.74, 6) is 1.38. The Labute approximate surface area is 111 Å². The molecule has 0 fully saturated rings. The lowest BCUT2D eigenvalue weighted by atomic mass is 10.2. The molecule has 1 aromatic carbocycles. The van der Waals surface area contributed by atoms with E-state index in [2.05, 4.69) is 10.6 Å². The van der Waals surface area contributed by atoms with Gasteiger partial charge in [-0.25, -0.2) is 0 Å². The van der Waals surface area contributed by atoms with Gasteiger partial charge >= 0.3 is 0 Å². The zero-order valence-corrected chi connectivity index (χ0v) is 10.6. The van der Waals surface area contributed by atoms with Crippen LogP contribution in [-0.4, -0.2) is 37.5 Å². The number of carbonyl (C=O) groups is 1. The average Bonchev–Trinajstić information content (AvgIpc) is 2.89. The minimum absolute atomic E-state index is 0.0735. The van der Waals surface area contributed by atoms with Gasteiger partial charge in [-0.1, -0.05) is 6.07 Å². The van der Waals surface area contributed by atoms with Crippen LogP contribution in [0.5, 0.6) is 11.5 Å². The zero-order valence-electron chi connectivity index (χ0n) is 10.6. The highest BCUT2D eigenvalue weighted by atomic mass is 16.7. The Morgan fingerprint density at radius 1 is 1.32 bits per heavy atom. The van der Waals surface area contributed by atoms with Crippen LogP contribution in [-0.2, 0) is 11.3 Å². The van der Waals surface area contributed by atoms with Crippen LogP contribution < -0.4 is 20.1 Å². The van der Waals surface area contributed by atoms with Gasteiger partial charge in [-0.05, 0) is 30.7 Å². The molecule has 0 atom stereocenters. The van der Waals surface area contributed by atoms with Gasteiger partial charge in [0.15, 0.2) is 11.5 Å². The molecule has 0 spiro atoms. The van der Waals surface area contributed by atoms with Crippen molar-refractivity contribution < 1.29 is 19.4 Å². The second-order valence-electron chi connectivity index (χ2n) is 4.22. The van der Waals surface area contributed by atoms with Gasteiger partial charge < -0.3 is 25.2 Å². The molecule has 0 aromatic heterocycles. The van der Waals surface area contributed by atoms with E-state index in [0.717, 1.165) is 11.3 Å². The summed E-state index contributed by atoms with van der Waals surface area (Å²) < 4.78 is 10.5. The van der Waals surface area contributed by atoms with Gasteiger partial charge in [0.1, 0.15) is 0 Å². The third-order valence-electron chi connectivity index (χ3n) is 2.72. The predicted molar refractivity (Wildman–Crippen MR) is 69.0 cm³/mol. The number of hydrogen-bond acceptors (Lipinski definition) is 5. The van der Waals surface area contributed by atoms with Crippen molar-refractivity contribution in [3.63, 3.8) is 0 Å². The van der Waals surface area contributed by atoms with Crippen molar-refractivity contribution in [3.8, 4) is 11.5 Å². The standard InChI is InChI=1S/C13H18N2O4/c16-5-1-4-14-8-13(17)15-7-10-2-3-11-12(6-10)19-9-18-11/h2-3,6,14,16H,1,4-5,7-9H2,(H,15,17). The van der Waals surface area contributed by atoms with E-state index >= 15 is 0 Å². The van der Waals surface area contributed by atoms with Crippen molar-refractivity contribution in [2.75, 3.05) is 26.5 Å². The van der Waals surface area contributed by atoms with Gasteiger partial charge in [0.2, 0.25) is 12.7 Å². The van der Waals surface area contributed by atoms with Crippen LogP contribution in [0.2, 0.25) is 0 Å². The summed E-state index contributed by atoms with van der Waals surface area (Å²) in [6.45, 7) is 1.72. The number of rotatable bonds is 7. The van der Waals surface area contributed by atoms with Crippen LogP contribution in [0.1, 0.15) is 12.0 Å². The fourth-order valence-electron chi connectivity index (χ4n) is 1.72. The second-order valence-corrected chi connectivity index (χ2v) is 4.22. The second kappa shape index (κ2) is 6.96. The number of hydrogen-bond donors (Lipinski definition) is 3. The van der Waals surface area contributed by atoms with E-state index in [-0.39, 0.29) is 25.9 Å². The lowest BCUT2D eigenvalue weighted by molar-refractivity contribution is -0.120. The Kier molecular flexibility index (Phi) is 5.00. The van der Waals surface area contributed by atoms with Gasteiger partial charge in [0.05, 0.1) is 6.54 Å². The van der Waals surface area contributed by atoms with Gasteiger partial charge in [-0.15, -0.1) is 0 Å². The Bertz CT molecular complexity index is 437. The van der Waals surface area contributed by atoms with E-state index in [0.29, 0.717) is 25.3 Å². The lowest BCUT2D eigenvalue weighted by Gasteiger charge is -2.07. The predicted octanol–water partition coefficient (Wildman–Crippen LogP) is 0.00350. The molecule has 0 bridgehead atoms. The number of carbonyl (C=O) groups excluding carboxylic acids is 1. The SMILES string of the molecule is O=C(CNCCCO)NCc1ccc2c(c1)OCO2. The number of aliphatic hydroxyl groups excluding tert-OH is 1. The number of aliphatic hydroxyl groups is 1. The van der Waals surface area contributed by atoms with Crippen molar-refractivity contribution in [3.05, 3.63) is 23.8 Å². The Morgan fingerprint density at radius 3 is 3.00 bits per heavy atom. The monoisotopic (exact) mass is 266 g/mol. The molecule has 6 nitrogen and oxygen atoms in total. The highest BCUT2D eigenvalue weighted by molar-refractivity contribution is 5.77. The van der Waals surface area contributed by atoms with Gasteiger partial charge in [0, 0.05) is 13.2 Å². The fraction of sp³-hybridized carbons (Fsp3) is 0.462. The van der Waals surface area contributed by atoms with Crippen LogP contribution in [0.4, 0.5) is 0 Å². The van der Waals surface area contributed by atoms with Crippen molar-refractivity contribution in [1.29, 1.82) is 0 Å². The molecule has 0 saturated carbocycles. The molecule has 3 N–H and O–H groups in total. The maximum atomic E-state index is 11.5. The minimum atomic E-state index is -0.0735. The van der Waals surface area contributed by atoms with Gasteiger partial charge in [-0.3, -0.25) is 4.79 Å². The summed E-state index contributed by atoms with van der Waals surface area (Å²) in [6.07, 6.45) is 0.648. The number of fused-ring (bicyclic) bond motifs is 1. The maximum absolute atomic E-state index is 11.5. The zero-order chi connectivity index (χ0) is 13.5. The maximum Gasteiger partial charge on any atom is 0.234 e. The first-order chi connectivity index (χ1) is 9.29. The summed E-state index contributed by atoms with van der Waals surface area (Å²) in [4.78, 5) is 11.5. The Morgan fingerprint density at radius 2 is 2.16 bits per heavy atom.